The molecule has 1 aliphatic rings. The summed E-state index contributed by atoms with van der Waals surface area (Å²) in [5.74, 6) is 0.286. The summed E-state index contributed by atoms with van der Waals surface area (Å²) in [6, 6.07) is 7.66. The van der Waals surface area contributed by atoms with Crippen molar-refractivity contribution in [3.8, 4) is 0 Å². The summed E-state index contributed by atoms with van der Waals surface area (Å²) in [5.41, 5.74) is 3.56. The summed E-state index contributed by atoms with van der Waals surface area (Å²) in [6.45, 7) is 2.86. The highest BCUT2D eigenvalue weighted by atomic mass is 35.5. The number of hydrogen-bond acceptors (Lipinski definition) is 5. The van der Waals surface area contributed by atoms with Crippen molar-refractivity contribution in [2.45, 2.75) is 32.7 Å². The van der Waals surface area contributed by atoms with E-state index in [1.807, 2.05) is 35.1 Å². The Hall–Kier alpha value is -2.42. The maximum absolute atomic E-state index is 12.4. The van der Waals surface area contributed by atoms with Crippen molar-refractivity contribution in [1.82, 2.24) is 9.78 Å². The van der Waals surface area contributed by atoms with Gasteiger partial charge in [-0.1, -0.05) is 30.7 Å². The molecule has 1 aliphatic carbocycles. The van der Waals surface area contributed by atoms with E-state index >= 15 is 0 Å². The molecule has 2 aromatic heterocycles. The van der Waals surface area contributed by atoms with Gasteiger partial charge in [0.2, 0.25) is 0 Å². The molecule has 1 unspecified atom stereocenters. The maximum atomic E-state index is 12.4. The summed E-state index contributed by atoms with van der Waals surface area (Å²) in [5, 5.41) is 12.6. The van der Waals surface area contributed by atoms with Crippen LogP contribution in [0.2, 0.25) is 5.02 Å². The van der Waals surface area contributed by atoms with Crippen LogP contribution in [-0.2, 0) is 24.1 Å². The van der Waals surface area contributed by atoms with Gasteiger partial charge < -0.3 is 15.4 Å². The fraction of sp³-hybridized carbons (Fsp3) is 0.318. The molecule has 0 aliphatic heterocycles. The zero-order valence-electron chi connectivity index (χ0n) is 17.3. The van der Waals surface area contributed by atoms with Crippen molar-refractivity contribution in [2.75, 3.05) is 17.7 Å². The molecule has 4 rings (SSSR count). The van der Waals surface area contributed by atoms with E-state index in [1.54, 1.807) is 17.5 Å². The number of nitrogens with zero attached hydrogens (tertiary/aromatic N) is 2. The molecule has 1 aromatic carbocycles. The number of ether oxygens (including phenoxy) is 1. The van der Waals surface area contributed by atoms with Crippen molar-refractivity contribution in [1.29, 1.82) is 0 Å². The Morgan fingerprint density at radius 2 is 2.13 bits per heavy atom. The Morgan fingerprint density at radius 1 is 1.35 bits per heavy atom. The van der Waals surface area contributed by atoms with Gasteiger partial charge in [0.25, 0.3) is 0 Å². The van der Waals surface area contributed by atoms with Gasteiger partial charge in [-0.25, -0.2) is 4.79 Å². The number of hydrogen-bond donors (Lipinski definition) is 2. The molecule has 0 bridgehead atoms. The molecule has 9 heteroatoms. The van der Waals surface area contributed by atoms with Crippen LogP contribution in [0, 0.1) is 5.92 Å². The van der Waals surface area contributed by atoms with Crippen molar-refractivity contribution < 1.29 is 9.53 Å². The second-order valence-corrected chi connectivity index (χ2v) is 9.63. The number of fused-ring (bicyclic) bond motifs is 1. The second-order valence-electron chi connectivity index (χ2n) is 7.68. The van der Waals surface area contributed by atoms with Gasteiger partial charge in [-0.15, -0.1) is 11.3 Å². The molecule has 6 nitrogen and oxygen atoms in total. The molecule has 2 heterocycles. The van der Waals surface area contributed by atoms with Crippen LogP contribution in [0.3, 0.4) is 0 Å². The molecule has 0 fully saturated rings. The predicted octanol–water partition coefficient (Wildman–Crippen LogP) is 5.37. The maximum Gasteiger partial charge on any atom is 0.341 e. The van der Waals surface area contributed by atoms with Crippen LogP contribution in [0.5, 0.6) is 0 Å². The highest BCUT2D eigenvalue weighted by molar-refractivity contribution is 7.80. The Balaban J connectivity index is 1.45. The van der Waals surface area contributed by atoms with Crippen LogP contribution >= 0.6 is 35.2 Å². The second kappa shape index (κ2) is 9.38. The van der Waals surface area contributed by atoms with E-state index in [2.05, 4.69) is 22.7 Å². The first-order valence-electron chi connectivity index (χ1n) is 10.0. The molecular weight excluding hydrogens is 452 g/mol. The number of anilines is 2. The van der Waals surface area contributed by atoms with Gasteiger partial charge in [0.05, 0.1) is 31.1 Å². The number of carbonyl (C=O) groups excluding carboxylic acids is 1. The summed E-state index contributed by atoms with van der Waals surface area (Å²) in [4.78, 5) is 13.7. The van der Waals surface area contributed by atoms with Crippen molar-refractivity contribution in [3.63, 3.8) is 0 Å². The summed E-state index contributed by atoms with van der Waals surface area (Å²) >= 11 is 13.0. The summed E-state index contributed by atoms with van der Waals surface area (Å²) < 4.78 is 6.86. The summed E-state index contributed by atoms with van der Waals surface area (Å²) in [7, 11) is 1.41. The molecule has 0 saturated heterocycles. The molecule has 31 heavy (non-hydrogen) atoms. The predicted molar refractivity (Wildman–Crippen MR) is 129 cm³/mol. The van der Waals surface area contributed by atoms with E-state index in [0.717, 1.165) is 41.1 Å². The molecule has 162 valence electrons. The number of nitrogens with one attached hydrogen (secondary N) is 2. The van der Waals surface area contributed by atoms with E-state index in [1.165, 1.54) is 12.0 Å². The van der Waals surface area contributed by atoms with Gasteiger partial charge in [0.1, 0.15) is 5.00 Å². The van der Waals surface area contributed by atoms with Crippen molar-refractivity contribution in [2.24, 2.45) is 5.92 Å². The molecule has 2 N–H and O–H groups in total. The van der Waals surface area contributed by atoms with Gasteiger partial charge in [-0.2, -0.15) is 5.10 Å². The highest BCUT2D eigenvalue weighted by Crippen LogP contribution is 2.40. The number of halogens is 1. The number of methoxy groups -OCH3 is 1. The van der Waals surface area contributed by atoms with E-state index < -0.39 is 0 Å². The third-order valence-corrected chi connectivity index (χ3v) is 6.90. The van der Waals surface area contributed by atoms with E-state index in [-0.39, 0.29) is 5.97 Å². The third-order valence-electron chi connectivity index (χ3n) is 5.28. The molecule has 0 saturated carbocycles. The van der Waals surface area contributed by atoms with Crippen LogP contribution in [-0.4, -0.2) is 28.0 Å². The Labute approximate surface area is 195 Å². The zero-order chi connectivity index (χ0) is 22.0. The summed E-state index contributed by atoms with van der Waals surface area (Å²) in [6.07, 6.45) is 6.53. The number of aromatic nitrogens is 2. The molecule has 1 atom stereocenters. The van der Waals surface area contributed by atoms with Gasteiger partial charge in [0.15, 0.2) is 5.11 Å². The molecular formula is C22H23ClN4O2S2. The third kappa shape index (κ3) is 5.08. The fourth-order valence-corrected chi connectivity index (χ4v) is 5.53. The number of carbonyl (C=O) groups is 1. The number of thiocarbonyl (C=S) groups is 1. The largest absolute Gasteiger partial charge is 0.465 e. The normalized spacial score (nSPS) is 15.3. The first-order chi connectivity index (χ1) is 14.9. The Bertz CT molecular complexity index is 1110. The van der Waals surface area contributed by atoms with Crippen LogP contribution in [0.1, 0.15) is 39.7 Å². The average molecular weight is 475 g/mol. The molecule has 0 amide bonds. The monoisotopic (exact) mass is 474 g/mol. The van der Waals surface area contributed by atoms with Crippen molar-refractivity contribution >= 4 is 56.9 Å². The quantitative estimate of drug-likeness (QED) is 0.383. The molecule has 0 spiro atoms. The minimum Gasteiger partial charge on any atom is -0.465 e. The van der Waals surface area contributed by atoms with Gasteiger partial charge in [0, 0.05) is 16.1 Å². The number of benzene rings is 1. The minimum absolute atomic E-state index is 0.326. The smallest absolute Gasteiger partial charge is 0.341 e. The Morgan fingerprint density at radius 3 is 2.87 bits per heavy atom. The van der Waals surface area contributed by atoms with Gasteiger partial charge >= 0.3 is 5.97 Å². The van der Waals surface area contributed by atoms with Crippen molar-refractivity contribution in [3.05, 3.63) is 63.2 Å². The van der Waals surface area contributed by atoms with Gasteiger partial charge in [-0.3, -0.25) is 4.68 Å². The van der Waals surface area contributed by atoms with Crippen LogP contribution in [0.4, 0.5) is 10.7 Å². The average Bonchev–Trinajstić information content (AvgIpc) is 3.32. The fourth-order valence-electron chi connectivity index (χ4n) is 3.71. The molecule has 3 aromatic rings. The number of esters is 1. The van der Waals surface area contributed by atoms with E-state index in [4.69, 9.17) is 28.6 Å². The highest BCUT2D eigenvalue weighted by Gasteiger charge is 2.28. The van der Waals surface area contributed by atoms with Crippen LogP contribution < -0.4 is 10.6 Å². The lowest BCUT2D eigenvalue weighted by molar-refractivity contribution is 0.0601. The number of thiophene rings is 1. The Kier molecular flexibility index (Phi) is 6.60. The lowest BCUT2D eigenvalue weighted by Gasteiger charge is -2.18. The topological polar surface area (TPSA) is 68.2 Å². The minimum atomic E-state index is -0.326. The lowest BCUT2D eigenvalue weighted by Crippen LogP contribution is -2.20. The number of rotatable bonds is 5. The first-order valence-corrected chi connectivity index (χ1v) is 11.6. The molecule has 0 radical (unpaired) electrons. The first kappa shape index (κ1) is 21.8. The van der Waals surface area contributed by atoms with Gasteiger partial charge in [-0.05, 0) is 60.7 Å². The van der Waals surface area contributed by atoms with Crippen LogP contribution in [0.25, 0.3) is 0 Å². The van der Waals surface area contributed by atoms with E-state index in [9.17, 15) is 4.79 Å². The lowest BCUT2D eigenvalue weighted by atomic mass is 9.88. The van der Waals surface area contributed by atoms with E-state index in [0.29, 0.717) is 28.2 Å². The SMILES string of the molecule is COC(=O)c1c(NC(=S)Nc2cnn(Cc3ccc(Cl)cc3)c2)sc2c1CCC(C)C2. The van der Waals surface area contributed by atoms with Crippen LogP contribution in [0.15, 0.2) is 36.7 Å². The zero-order valence-corrected chi connectivity index (χ0v) is 19.7. The standard InChI is InChI=1S/C22H23ClN4O2S2/c1-13-3-8-17-18(9-13)31-20(19(17)21(28)29-2)26-22(30)25-16-10-24-27(12-16)11-14-4-6-15(23)7-5-14/h4-7,10,12-13H,3,8-9,11H2,1-2H3,(H2,25,26,30).